The fraction of sp³-hybridized carbons (Fsp3) is 0.593. The van der Waals surface area contributed by atoms with Crippen molar-refractivity contribution >= 4 is 40.6 Å². The molecule has 1 aromatic heterocycles. The molecule has 1 aliphatic rings. The minimum atomic E-state index is -4.61. The maximum atomic E-state index is 13.7. The Kier molecular flexibility index (Phi) is 11.1. The van der Waals surface area contributed by atoms with Gasteiger partial charge >= 0.3 is 6.18 Å². The van der Waals surface area contributed by atoms with E-state index in [1.165, 1.54) is 4.90 Å². The van der Waals surface area contributed by atoms with Gasteiger partial charge in [0.25, 0.3) is 0 Å². The maximum absolute atomic E-state index is 13.7. The Morgan fingerprint density at radius 2 is 1.92 bits per heavy atom. The first-order valence-electron chi connectivity index (χ1n) is 13.4. The van der Waals surface area contributed by atoms with Gasteiger partial charge in [0.15, 0.2) is 0 Å². The molecule has 0 bridgehead atoms. The lowest BCUT2D eigenvalue weighted by molar-refractivity contribution is -0.137. The fourth-order valence-electron chi connectivity index (χ4n) is 4.41. The van der Waals surface area contributed by atoms with Crippen LogP contribution in [0.5, 0.6) is 0 Å². The zero-order valence-electron chi connectivity index (χ0n) is 23.1. The second kappa shape index (κ2) is 14.0. The lowest BCUT2D eigenvalue weighted by Crippen LogP contribution is -2.44. The molecular weight excluding hydrogens is 531 g/mol. The molecule has 39 heavy (non-hydrogen) atoms. The first kappa shape index (κ1) is 30.7. The minimum Gasteiger partial charge on any atom is -0.369 e. The first-order valence-corrected chi connectivity index (χ1v) is 13.9. The fourth-order valence-corrected chi connectivity index (χ4v) is 4.79. The van der Waals surface area contributed by atoms with Crippen LogP contribution in [0.2, 0.25) is 0 Å². The number of aryl methyl sites for hydroxylation is 1. The highest BCUT2D eigenvalue weighted by Gasteiger charge is 2.35. The van der Waals surface area contributed by atoms with Gasteiger partial charge in [-0.25, -0.2) is 4.98 Å². The largest absolute Gasteiger partial charge is 0.421 e. The van der Waals surface area contributed by atoms with Gasteiger partial charge in [-0.1, -0.05) is 20.3 Å². The van der Waals surface area contributed by atoms with Gasteiger partial charge < -0.3 is 25.3 Å². The summed E-state index contributed by atoms with van der Waals surface area (Å²) in [5.41, 5.74) is 1.96. The molecule has 0 saturated carbocycles. The zero-order valence-corrected chi connectivity index (χ0v) is 23.9. The molecule has 1 atom stereocenters. The third-order valence-corrected chi connectivity index (χ3v) is 7.23. The molecular formula is C27H39ClF3N7O. The van der Waals surface area contributed by atoms with Gasteiger partial charge in [0.1, 0.15) is 16.8 Å². The van der Waals surface area contributed by atoms with Crippen molar-refractivity contribution in [2.24, 2.45) is 0 Å². The van der Waals surface area contributed by atoms with Crippen molar-refractivity contribution in [1.82, 2.24) is 19.8 Å². The Hall–Kier alpha value is -2.79. The molecule has 1 fully saturated rings. The van der Waals surface area contributed by atoms with Crippen molar-refractivity contribution in [2.75, 3.05) is 68.9 Å². The SMILES string of the molecule is CCCC(Cl)C(=O)N(C)CCCNc1nc(Nc2ccc(N3CCN(C)CC3)cc2CC)ncc1C(F)(F)F. The van der Waals surface area contributed by atoms with E-state index in [0.29, 0.717) is 19.4 Å². The van der Waals surface area contributed by atoms with E-state index in [0.717, 1.165) is 62.2 Å². The number of amides is 1. The summed E-state index contributed by atoms with van der Waals surface area (Å²) in [6.45, 7) is 8.41. The second-order valence-electron chi connectivity index (χ2n) is 9.86. The minimum absolute atomic E-state index is 0.0735. The quantitative estimate of drug-likeness (QED) is 0.268. The van der Waals surface area contributed by atoms with Crippen LogP contribution in [0.25, 0.3) is 0 Å². The molecule has 216 valence electrons. The molecule has 3 rings (SSSR count). The van der Waals surface area contributed by atoms with Crippen molar-refractivity contribution in [3.05, 3.63) is 35.5 Å². The lowest BCUT2D eigenvalue weighted by atomic mass is 10.1. The predicted molar refractivity (Wildman–Crippen MR) is 151 cm³/mol. The Balaban J connectivity index is 1.69. The summed E-state index contributed by atoms with van der Waals surface area (Å²) in [7, 11) is 3.75. The Labute approximate surface area is 233 Å². The molecule has 0 spiro atoms. The van der Waals surface area contributed by atoms with Gasteiger partial charge in [-0.15, -0.1) is 11.6 Å². The summed E-state index contributed by atoms with van der Waals surface area (Å²) in [5, 5.41) is 5.30. The van der Waals surface area contributed by atoms with Gasteiger partial charge in [-0.3, -0.25) is 4.79 Å². The van der Waals surface area contributed by atoms with Crippen LogP contribution < -0.4 is 15.5 Å². The van der Waals surface area contributed by atoms with Crippen molar-refractivity contribution < 1.29 is 18.0 Å². The number of carbonyl (C=O) groups is 1. The highest BCUT2D eigenvalue weighted by atomic mass is 35.5. The normalized spacial score (nSPS) is 15.2. The molecule has 2 N–H and O–H groups in total. The van der Waals surface area contributed by atoms with Crippen LogP contribution in [-0.2, 0) is 17.4 Å². The number of piperazine rings is 1. The highest BCUT2D eigenvalue weighted by molar-refractivity contribution is 6.30. The number of halogens is 4. The first-order chi connectivity index (χ1) is 18.5. The van der Waals surface area contributed by atoms with Crippen LogP contribution in [0.1, 0.15) is 44.2 Å². The van der Waals surface area contributed by atoms with Gasteiger partial charge in [0, 0.05) is 63.9 Å². The lowest BCUT2D eigenvalue weighted by Gasteiger charge is -2.34. The third kappa shape index (κ3) is 8.60. The standard InChI is InChI=1S/C27H39ClF3N7O/c1-5-8-22(28)25(39)37(4)12-7-11-32-24-21(27(29,30)31)18-33-26(35-24)34-23-10-9-20(17-19(23)6-2)38-15-13-36(3)14-16-38/h9-10,17-18,22H,5-8,11-16H2,1-4H3,(H2,32,33,34,35). The molecule has 8 nitrogen and oxygen atoms in total. The Morgan fingerprint density at radius 3 is 2.56 bits per heavy atom. The molecule has 1 amide bonds. The van der Waals surface area contributed by atoms with Crippen LogP contribution in [0, 0.1) is 0 Å². The number of nitrogens with zero attached hydrogens (tertiary/aromatic N) is 5. The highest BCUT2D eigenvalue weighted by Crippen LogP contribution is 2.34. The van der Waals surface area contributed by atoms with E-state index in [2.05, 4.69) is 43.5 Å². The van der Waals surface area contributed by atoms with Crippen molar-refractivity contribution in [3.63, 3.8) is 0 Å². The zero-order chi connectivity index (χ0) is 28.6. The van der Waals surface area contributed by atoms with E-state index in [-0.39, 0.29) is 24.2 Å². The number of nitrogens with one attached hydrogen (secondary N) is 2. The van der Waals surface area contributed by atoms with Crippen LogP contribution >= 0.6 is 11.6 Å². The van der Waals surface area contributed by atoms with Crippen molar-refractivity contribution in [1.29, 1.82) is 0 Å². The summed E-state index contributed by atoms with van der Waals surface area (Å²) in [5.74, 6) is -0.417. The molecule has 1 saturated heterocycles. The van der Waals surface area contributed by atoms with Crippen LogP contribution in [0.15, 0.2) is 24.4 Å². The van der Waals surface area contributed by atoms with E-state index in [1.807, 2.05) is 26.0 Å². The number of likely N-dealkylation sites (N-methyl/N-ethyl adjacent to an activating group) is 1. The van der Waals surface area contributed by atoms with Gasteiger partial charge in [-0.2, -0.15) is 18.2 Å². The number of rotatable bonds is 12. The summed E-state index contributed by atoms with van der Waals surface area (Å²) >= 11 is 6.10. The molecule has 1 aliphatic heterocycles. The molecule has 2 aromatic rings. The summed E-state index contributed by atoms with van der Waals surface area (Å²) < 4.78 is 41.0. The number of hydrogen-bond acceptors (Lipinski definition) is 7. The average Bonchev–Trinajstić information content (AvgIpc) is 2.90. The second-order valence-corrected chi connectivity index (χ2v) is 10.4. The molecule has 1 aromatic carbocycles. The average molecular weight is 570 g/mol. The van der Waals surface area contributed by atoms with Gasteiger partial charge in [0.05, 0.1) is 0 Å². The number of benzene rings is 1. The summed E-state index contributed by atoms with van der Waals surface area (Å²) in [6.07, 6.45) is -1.29. The predicted octanol–water partition coefficient (Wildman–Crippen LogP) is 5.22. The molecule has 12 heteroatoms. The number of carbonyl (C=O) groups excluding carboxylic acids is 1. The number of anilines is 4. The smallest absolute Gasteiger partial charge is 0.369 e. The van der Waals surface area contributed by atoms with E-state index >= 15 is 0 Å². The Bertz CT molecular complexity index is 1090. The van der Waals surface area contributed by atoms with Crippen LogP contribution in [0.3, 0.4) is 0 Å². The van der Waals surface area contributed by atoms with E-state index in [9.17, 15) is 18.0 Å². The van der Waals surface area contributed by atoms with E-state index < -0.39 is 17.1 Å². The van der Waals surface area contributed by atoms with Crippen molar-refractivity contribution in [3.8, 4) is 0 Å². The van der Waals surface area contributed by atoms with E-state index in [4.69, 9.17) is 11.6 Å². The van der Waals surface area contributed by atoms with Crippen LogP contribution in [-0.4, -0.2) is 84.4 Å². The van der Waals surface area contributed by atoms with Crippen molar-refractivity contribution in [2.45, 2.75) is 51.1 Å². The Morgan fingerprint density at radius 1 is 1.21 bits per heavy atom. The van der Waals surface area contributed by atoms with Gasteiger partial charge in [0.2, 0.25) is 11.9 Å². The summed E-state index contributed by atoms with van der Waals surface area (Å²) in [6, 6.07) is 6.05. The number of aromatic nitrogens is 2. The molecule has 1 unspecified atom stereocenters. The monoisotopic (exact) mass is 569 g/mol. The van der Waals surface area contributed by atoms with Crippen LogP contribution in [0.4, 0.5) is 36.3 Å². The molecule has 2 heterocycles. The van der Waals surface area contributed by atoms with Gasteiger partial charge in [-0.05, 0) is 50.1 Å². The maximum Gasteiger partial charge on any atom is 0.421 e. The topological polar surface area (TPSA) is 76.6 Å². The molecule has 0 aliphatic carbocycles. The molecule has 0 radical (unpaired) electrons. The number of hydrogen-bond donors (Lipinski definition) is 2. The van der Waals surface area contributed by atoms with E-state index in [1.54, 1.807) is 7.05 Å². The number of alkyl halides is 4. The summed E-state index contributed by atoms with van der Waals surface area (Å²) in [4.78, 5) is 26.5. The third-order valence-electron chi connectivity index (χ3n) is 6.83.